The third-order valence-electron chi connectivity index (χ3n) is 2.30. The summed E-state index contributed by atoms with van der Waals surface area (Å²) < 4.78 is 0. The number of aromatic nitrogens is 2. The van der Waals surface area contributed by atoms with Crippen molar-refractivity contribution in [1.29, 1.82) is 0 Å². The largest absolute Gasteiger partial charge is 0.345 e. The van der Waals surface area contributed by atoms with E-state index in [-0.39, 0.29) is 0 Å². The molecule has 0 aliphatic rings. The van der Waals surface area contributed by atoms with Crippen LogP contribution in [0.5, 0.6) is 0 Å². The van der Waals surface area contributed by atoms with Crippen molar-refractivity contribution in [3.05, 3.63) is 27.7 Å². The van der Waals surface area contributed by atoms with E-state index < -0.39 is 0 Å². The Hall–Kier alpha value is -0.980. The van der Waals surface area contributed by atoms with Gasteiger partial charge in [-0.15, -0.1) is 22.7 Å². The fourth-order valence-corrected chi connectivity index (χ4v) is 2.82. The van der Waals surface area contributed by atoms with E-state index in [0.717, 1.165) is 30.5 Å². The minimum Gasteiger partial charge on any atom is -0.345 e. The predicted octanol–water partition coefficient (Wildman–Crippen LogP) is 2.35. The zero-order valence-corrected chi connectivity index (χ0v) is 11.6. The van der Waals surface area contributed by atoms with Crippen LogP contribution in [0.15, 0.2) is 17.1 Å². The Bertz CT molecular complexity index is 438. The minimum absolute atomic E-state index is 0.817. The van der Waals surface area contributed by atoms with Gasteiger partial charge >= 0.3 is 0 Å². The topological polar surface area (TPSA) is 41.1 Å². The zero-order valence-electron chi connectivity index (χ0n) is 10.0. The van der Waals surface area contributed by atoms with Crippen LogP contribution in [0.3, 0.4) is 0 Å². The molecule has 2 aromatic heterocycles. The second-order valence-electron chi connectivity index (χ2n) is 3.73. The van der Waals surface area contributed by atoms with Gasteiger partial charge in [0.1, 0.15) is 0 Å². The van der Waals surface area contributed by atoms with Crippen molar-refractivity contribution in [2.75, 3.05) is 18.5 Å². The van der Waals surface area contributed by atoms with Crippen LogP contribution in [0.4, 0.5) is 5.13 Å². The summed E-state index contributed by atoms with van der Waals surface area (Å²) in [4.78, 5) is 12.1. The molecule has 0 saturated carbocycles. The number of rotatable bonds is 6. The van der Waals surface area contributed by atoms with Crippen molar-refractivity contribution in [3.8, 4) is 0 Å². The molecule has 2 heterocycles. The summed E-state index contributed by atoms with van der Waals surface area (Å²) in [5, 5.41) is 6.42. The molecule has 0 unspecified atom stereocenters. The molecule has 0 aliphatic carbocycles. The van der Waals surface area contributed by atoms with Gasteiger partial charge < -0.3 is 10.2 Å². The average molecular weight is 268 g/mol. The Kier molecular flexibility index (Phi) is 4.47. The van der Waals surface area contributed by atoms with Crippen LogP contribution < -0.4 is 10.2 Å². The maximum atomic E-state index is 4.43. The van der Waals surface area contributed by atoms with Crippen LogP contribution in [0.25, 0.3) is 0 Å². The Labute approximate surface area is 109 Å². The van der Waals surface area contributed by atoms with Gasteiger partial charge in [-0.2, -0.15) is 0 Å². The zero-order chi connectivity index (χ0) is 12.1. The van der Waals surface area contributed by atoms with Gasteiger partial charge in [-0.05, 0) is 6.54 Å². The first-order valence-corrected chi connectivity index (χ1v) is 7.29. The lowest BCUT2D eigenvalue weighted by atomic mass is 10.5. The molecule has 0 spiro atoms. The van der Waals surface area contributed by atoms with Crippen LogP contribution in [0, 0.1) is 0 Å². The van der Waals surface area contributed by atoms with E-state index in [2.05, 4.69) is 39.5 Å². The van der Waals surface area contributed by atoms with E-state index in [4.69, 9.17) is 0 Å². The second-order valence-corrected chi connectivity index (χ2v) is 5.54. The Morgan fingerprint density at radius 3 is 3.00 bits per heavy atom. The van der Waals surface area contributed by atoms with Crippen LogP contribution in [0.1, 0.15) is 17.5 Å². The van der Waals surface area contributed by atoms with Gasteiger partial charge in [-0.1, -0.05) is 6.92 Å². The lowest BCUT2D eigenvalue weighted by Gasteiger charge is -2.13. The van der Waals surface area contributed by atoms with E-state index >= 15 is 0 Å². The van der Waals surface area contributed by atoms with Gasteiger partial charge in [0, 0.05) is 30.0 Å². The van der Waals surface area contributed by atoms with E-state index in [1.165, 1.54) is 4.88 Å². The molecule has 4 nitrogen and oxygen atoms in total. The highest BCUT2D eigenvalue weighted by atomic mass is 32.1. The fourth-order valence-electron chi connectivity index (χ4n) is 1.43. The summed E-state index contributed by atoms with van der Waals surface area (Å²) in [6.07, 6.45) is 1.94. The highest BCUT2D eigenvalue weighted by molar-refractivity contribution is 7.15. The lowest BCUT2D eigenvalue weighted by molar-refractivity contribution is 0.734. The molecule has 0 aliphatic heterocycles. The molecule has 0 atom stereocenters. The summed E-state index contributed by atoms with van der Waals surface area (Å²) in [6.45, 7) is 4.81. The van der Waals surface area contributed by atoms with Crippen molar-refractivity contribution in [3.63, 3.8) is 0 Å². The lowest BCUT2D eigenvalue weighted by Crippen LogP contribution is -2.16. The third-order valence-corrected chi connectivity index (χ3v) is 4.05. The summed E-state index contributed by atoms with van der Waals surface area (Å²) in [6, 6.07) is 0. The summed E-state index contributed by atoms with van der Waals surface area (Å²) >= 11 is 3.36. The number of anilines is 1. The highest BCUT2D eigenvalue weighted by Gasteiger charge is 2.08. The minimum atomic E-state index is 0.817. The van der Waals surface area contributed by atoms with Crippen molar-refractivity contribution >= 4 is 27.8 Å². The summed E-state index contributed by atoms with van der Waals surface area (Å²) in [5.74, 6) is 0. The van der Waals surface area contributed by atoms with Gasteiger partial charge in [0.25, 0.3) is 0 Å². The maximum absolute atomic E-state index is 4.43. The summed E-state index contributed by atoms with van der Waals surface area (Å²) in [5.41, 5.74) is 2.96. The molecule has 6 heteroatoms. The first-order valence-electron chi connectivity index (χ1n) is 5.53. The molecule has 0 radical (unpaired) electrons. The molecular weight excluding hydrogens is 252 g/mol. The van der Waals surface area contributed by atoms with Gasteiger partial charge in [-0.3, -0.25) is 0 Å². The first-order chi connectivity index (χ1) is 8.29. The smallest absolute Gasteiger partial charge is 0.185 e. The quantitative estimate of drug-likeness (QED) is 0.873. The molecular formula is C11H16N4S2. The number of nitrogens with zero attached hydrogens (tertiary/aromatic N) is 3. The molecule has 17 heavy (non-hydrogen) atoms. The normalized spacial score (nSPS) is 10.7. The van der Waals surface area contributed by atoms with Gasteiger partial charge in [-0.25, -0.2) is 9.97 Å². The van der Waals surface area contributed by atoms with Gasteiger partial charge in [0.15, 0.2) is 5.13 Å². The van der Waals surface area contributed by atoms with Gasteiger partial charge in [0.2, 0.25) is 0 Å². The predicted molar refractivity (Wildman–Crippen MR) is 73.7 cm³/mol. The molecule has 0 bridgehead atoms. The molecule has 0 amide bonds. The van der Waals surface area contributed by atoms with Crippen molar-refractivity contribution in [2.45, 2.75) is 20.0 Å². The molecule has 0 fully saturated rings. The first kappa shape index (κ1) is 12.5. The SMILES string of the molecule is CCNCc1cnc(N(C)Cc2cscn2)s1. The Morgan fingerprint density at radius 1 is 1.41 bits per heavy atom. The second kappa shape index (κ2) is 6.09. The number of hydrogen-bond acceptors (Lipinski definition) is 6. The molecule has 2 rings (SSSR count). The van der Waals surface area contributed by atoms with Crippen molar-refractivity contribution < 1.29 is 0 Å². The highest BCUT2D eigenvalue weighted by Crippen LogP contribution is 2.22. The van der Waals surface area contributed by atoms with Crippen LogP contribution in [-0.2, 0) is 13.1 Å². The van der Waals surface area contributed by atoms with Crippen LogP contribution in [0.2, 0.25) is 0 Å². The monoisotopic (exact) mass is 268 g/mol. The molecule has 0 saturated heterocycles. The Morgan fingerprint density at radius 2 is 2.29 bits per heavy atom. The van der Waals surface area contributed by atoms with E-state index in [9.17, 15) is 0 Å². The molecule has 2 aromatic rings. The standard InChI is InChI=1S/C11H16N4S2/c1-3-12-4-10-5-13-11(17-10)15(2)6-9-7-16-8-14-9/h5,7-8,12H,3-4,6H2,1-2H3. The number of nitrogens with one attached hydrogen (secondary N) is 1. The third kappa shape index (κ3) is 3.49. The molecule has 92 valence electrons. The van der Waals surface area contributed by atoms with Crippen molar-refractivity contribution in [1.82, 2.24) is 15.3 Å². The number of hydrogen-bond donors (Lipinski definition) is 1. The average Bonchev–Trinajstić information content (AvgIpc) is 2.96. The molecule has 1 N–H and O–H groups in total. The maximum Gasteiger partial charge on any atom is 0.185 e. The molecule has 0 aromatic carbocycles. The van der Waals surface area contributed by atoms with Crippen LogP contribution in [-0.4, -0.2) is 23.6 Å². The van der Waals surface area contributed by atoms with Gasteiger partial charge in [0.05, 0.1) is 17.7 Å². The van der Waals surface area contributed by atoms with Crippen molar-refractivity contribution in [2.24, 2.45) is 0 Å². The Balaban J connectivity index is 1.94. The fraction of sp³-hybridized carbons (Fsp3) is 0.455. The van der Waals surface area contributed by atoms with E-state index in [1.54, 1.807) is 22.7 Å². The van der Waals surface area contributed by atoms with E-state index in [0.29, 0.717) is 0 Å². The van der Waals surface area contributed by atoms with Crippen LogP contribution >= 0.6 is 22.7 Å². The number of thiazole rings is 2. The van der Waals surface area contributed by atoms with E-state index in [1.807, 2.05) is 11.7 Å². The summed E-state index contributed by atoms with van der Waals surface area (Å²) in [7, 11) is 2.05.